The predicted molar refractivity (Wildman–Crippen MR) is 188 cm³/mol. The van der Waals surface area contributed by atoms with Gasteiger partial charge in [0.15, 0.2) is 0 Å². The number of hydrogen-bond acceptors (Lipinski definition) is 9. The quantitative estimate of drug-likeness (QED) is 0.131. The SMILES string of the molecule is Cc1ncc(COC(=O)N[C@H](C(=O)N[C@@H](Cc2ccccc2)C[C@H](O)[C@H](Cc2ccccc2)NC(=O)OCc2cccnc2)C(C)C)nc1C. The molecule has 2 heterocycles. The van der Waals surface area contributed by atoms with Crippen molar-refractivity contribution in [1.82, 2.24) is 30.9 Å². The minimum atomic E-state index is -1.08. The Morgan fingerprint density at radius 1 is 0.740 bits per heavy atom. The molecule has 12 heteroatoms. The van der Waals surface area contributed by atoms with Crippen molar-refractivity contribution in [2.45, 2.75) is 84.4 Å². The maximum absolute atomic E-state index is 13.7. The normalized spacial score (nSPS) is 13.4. The largest absolute Gasteiger partial charge is 0.445 e. The van der Waals surface area contributed by atoms with Gasteiger partial charge in [-0.3, -0.25) is 19.7 Å². The molecule has 4 rings (SSSR count). The van der Waals surface area contributed by atoms with Gasteiger partial charge in [-0.05, 0) is 56.2 Å². The van der Waals surface area contributed by atoms with Gasteiger partial charge in [-0.1, -0.05) is 80.6 Å². The number of carbonyl (C=O) groups is 3. The summed E-state index contributed by atoms with van der Waals surface area (Å²) in [5.41, 5.74) is 4.58. The maximum Gasteiger partial charge on any atom is 0.408 e. The average Bonchev–Trinajstić information content (AvgIpc) is 3.11. The molecule has 4 N–H and O–H groups in total. The molecule has 0 aliphatic rings. The van der Waals surface area contributed by atoms with E-state index in [4.69, 9.17) is 9.47 Å². The molecule has 264 valence electrons. The molecule has 50 heavy (non-hydrogen) atoms. The molecule has 0 saturated carbocycles. The van der Waals surface area contributed by atoms with Crippen molar-refractivity contribution in [3.63, 3.8) is 0 Å². The van der Waals surface area contributed by atoms with Gasteiger partial charge in [-0.25, -0.2) is 9.59 Å². The number of aliphatic hydroxyl groups is 1. The standard InChI is InChI=1S/C38H46N6O6/c1-25(2)35(44-38(48)50-24-32-22-40-26(3)27(4)41-32)36(46)42-31(18-28-12-7-5-8-13-28)20-34(45)33(19-29-14-9-6-10-15-29)43-37(47)49-23-30-16-11-17-39-21-30/h5-17,21-22,25,31,33-35,45H,18-20,23-24H2,1-4H3,(H,42,46)(H,43,47)(H,44,48)/t31-,33-,34-,35-/m0/s1. The Balaban J connectivity index is 1.45. The molecule has 0 saturated heterocycles. The lowest BCUT2D eigenvalue weighted by atomic mass is 9.93. The van der Waals surface area contributed by atoms with E-state index in [9.17, 15) is 19.5 Å². The van der Waals surface area contributed by atoms with Crippen LogP contribution in [0, 0.1) is 19.8 Å². The molecule has 4 atom stereocenters. The summed E-state index contributed by atoms with van der Waals surface area (Å²) in [7, 11) is 0. The van der Waals surface area contributed by atoms with Crippen LogP contribution in [0.5, 0.6) is 0 Å². The third kappa shape index (κ3) is 12.3. The van der Waals surface area contributed by atoms with E-state index in [0.717, 1.165) is 28.1 Å². The van der Waals surface area contributed by atoms with Crippen LogP contribution < -0.4 is 16.0 Å². The summed E-state index contributed by atoms with van der Waals surface area (Å²) in [6.45, 7) is 7.22. The number of rotatable bonds is 16. The van der Waals surface area contributed by atoms with Crippen LogP contribution in [0.25, 0.3) is 0 Å². The first-order valence-electron chi connectivity index (χ1n) is 16.7. The number of amides is 3. The van der Waals surface area contributed by atoms with Crippen molar-refractivity contribution < 1.29 is 29.0 Å². The zero-order valence-electron chi connectivity index (χ0n) is 28.9. The number of alkyl carbamates (subject to hydrolysis) is 2. The first-order valence-corrected chi connectivity index (χ1v) is 16.7. The zero-order valence-corrected chi connectivity index (χ0v) is 28.9. The molecule has 0 radical (unpaired) electrons. The van der Waals surface area contributed by atoms with Crippen molar-refractivity contribution in [1.29, 1.82) is 0 Å². The van der Waals surface area contributed by atoms with E-state index in [0.29, 0.717) is 18.5 Å². The number of ether oxygens (including phenoxy) is 2. The average molecular weight is 683 g/mol. The van der Waals surface area contributed by atoms with Crippen molar-refractivity contribution in [3.8, 4) is 0 Å². The topological polar surface area (TPSA) is 165 Å². The number of nitrogens with one attached hydrogen (secondary N) is 3. The van der Waals surface area contributed by atoms with Gasteiger partial charge in [-0.15, -0.1) is 0 Å². The highest BCUT2D eigenvalue weighted by atomic mass is 16.6. The summed E-state index contributed by atoms with van der Waals surface area (Å²) in [6.07, 6.45) is 3.07. The van der Waals surface area contributed by atoms with Crippen LogP contribution in [-0.4, -0.2) is 62.4 Å². The van der Waals surface area contributed by atoms with Gasteiger partial charge in [0.25, 0.3) is 0 Å². The summed E-state index contributed by atoms with van der Waals surface area (Å²) >= 11 is 0. The number of hydrogen-bond donors (Lipinski definition) is 4. The molecule has 3 amide bonds. The maximum atomic E-state index is 13.7. The Morgan fingerprint density at radius 3 is 1.98 bits per heavy atom. The highest BCUT2D eigenvalue weighted by Gasteiger charge is 2.30. The summed E-state index contributed by atoms with van der Waals surface area (Å²) in [5.74, 6) is -0.715. The first-order chi connectivity index (χ1) is 24.1. The molecule has 0 spiro atoms. The molecule has 2 aromatic carbocycles. The van der Waals surface area contributed by atoms with Gasteiger partial charge >= 0.3 is 12.2 Å². The van der Waals surface area contributed by atoms with E-state index in [2.05, 4.69) is 30.9 Å². The first kappa shape index (κ1) is 37.5. The van der Waals surface area contributed by atoms with Crippen molar-refractivity contribution in [2.75, 3.05) is 0 Å². The van der Waals surface area contributed by atoms with Crippen molar-refractivity contribution >= 4 is 18.1 Å². The number of aliphatic hydroxyl groups excluding tert-OH is 1. The molecule has 0 bridgehead atoms. The fourth-order valence-corrected chi connectivity index (χ4v) is 5.32. The highest BCUT2D eigenvalue weighted by Crippen LogP contribution is 2.16. The Morgan fingerprint density at radius 2 is 1.36 bits per heavy atom. The number of pyridine rings is 1. The van der Waals surface area contributed by atoms with Crippen LogP contribution in [-0.2, 0) is 40.3 Å². The lowest BCUT2D eigenvalue weighted by Crippen LogP contribution is -2.54. The van der Waals surface area contributed by atoms with Gasteiger partial charge in [0.1, 0.15) is 19.3 Å². The smallest absolute Gasteiger partial charge is 0.408 e. The number of aromatic nitrogens is 3. The minimum absolute atomic E-state index is 0.0185. The van der Waals surface area contributed by atoms with Crippen LogP contribution in [0.4, 0.5) is 9.59 Å². The lowest BCUT2D eigenvalue weighted by Gasteiger charge is -2.30. The van der Waals surface area contributed by atoms with Gasteiger partial charge in [0, 0.05) is 24.0 Å². The number of benzene rings is 2. The van der Waals surface area contributed by atoms with Crippen LogP contribution in [0.2, 0.25) is 0 Å². The molecule has 0 unspecified atom stereocenters. The van der Waals surface area contributed by atoms with E-state index < -0.39 is 42.3 Å². The van der Waals surface area contributed by atoms with Crippen LogP contribution in [0.15, 0.2) is 91.4 Å². The zero-order chi connectivity index (χ0) is 35.9. The molecular weight excluding hydrogens is 636 g/mol. The van der Waals surface area contributed by atoms with Crippen LogP contribution in [0.1, 0.15) is 54.0 Å². The monoisotopic (exact) mass is 682 g/mol. The molecule has 0 aliphatic heterocycles. The Kier molecular flexibility index (Phi) is 14.2. The van der Waals surface area contributed by atoms with Gasteiger partial charge < -0.3 is 30.5 Å². The fraction of sp³-hybridized carbons (Fsp3) is 0.368. The Labute approximate surface area is 293 Å². The second-order valence-electron chi connectivity index (χ2n) is 12.6. The third-order valence-electron chi connectivity index (χ3n) is 8.17. The van der Waals surface area contributed by atoms with Gasteiger partial charge in [-0.2, -0.15) is 0 Å². The Hall–Kier alpha value is -5.36. The van der Waals surface area contributed by atoms with E-state index in [-0.39, 0.29) is 25.6 Å². The van der Waals surface area contributed by atoms with Gasteiger partial charge in [0.2, 0.25) is 5.91 Å². The van der Waals surface area contributed by atoms with Crippen LogP contribution in [0.3, 0.4) is 0 Å². The minimum Gasteiger partial charge on any atom is -0.445 e. The molecule has 12 nitrogen and oxygen atoms in total. The van der Waals surface area contributed by atoms with E-state index in [1.165, 1.54) is 0 Å². The summed E-state index contributed by atoms with van der Waals surface area (Å²) in [6, 6.07) is 20.4. The van der Waals surface area contributed by atoms with E-state index in [1.54, 1.807) is 30.7 Å². The second-order valence-corrected chi connectivity index (χ2v) is 12.6. The lowest BCUT2D eigenvalue weighted by molar-refractivity contribution is -0.125. The molecule has 4 aromatic rings. The van der Waals surface area contributed by atoms with Crippen molar-refractivity contribution in [2.24, 2.45) is 5.92 Å². The summed E-state index contributed by atoms with van der Waals surface area (Å²) in [5, 5.41) is 20.2. The fourth-order valence-electron chi connectivity index (χ4n) is 5.32. The molecule has 0 aliphatic carbocycles. The predicted octanol–water partition coefficient (Wildman–Crippen LogP) is 4.76. The van der Waals surface area contributed by atoms with Crippen LogP contribution >= 0.6 is 0 Å². The highest BCUT2D eigenvalue weighted by molar-refractivity contribution is 5.86. The van der Waals surface area contributed by atoms with E-state index in [1.807, 2.05) is 88.4 Å². The van der Waals surface area contributed by atoms with Gasteiger partial charge in [0.05, 0.1) is 35.4 Å². The second kappa shape index (κ2) is 19.0. The third-order valence-corrected chi connectivity index (χ3v) is 8.17. The van der Waals surface area contributed by atoms with Crippen molar-refractivity contribution in [3.05, 3.63) is 125 Å². The molecular formula is C38H46N6O6. The number of aryl methyl sites for hydroxylation is 2. The molecule has 2 aromatic heterocycles. The van der Waals surface area contributed by atoms with E-state index >= 15 is 0 Å². The number of carbonyl (C=O) groups excluding carboxylic acids is 3. The molecule has 0 fully saturated rings. The summed E-state index contributed by atoms with van der Waals surface area (Å²) < 4.78 is 10.8. The summed E-state index contributed by atoms with van der Waals surface area (Å²) in [4.78, 5) is 52.1. The Bertz CT molecular complexity index is 1660. The number of nitrogens with zero attached hydrogens (tertiary/aromatic N) is 3.